The fourth-order valence-electron chi connectivity index (χ4n) is 2.67. The van der Waals surface area contributed by atoms with Crippen molar-refractivity contribution < 1.29 is 27.9 Å². The van der Waals surface area contributed by atoms with E-state index in [0.717, 1.165) is 0 Å². The molecule has 1 aromatic carbocycles. The first kappa shape index (κ1) is 15.3. The van der Waals surface area contributed by atoms with Gasteiger partial charge in [-0.2, -0.15) is 13.2 Å². The summed E-state index contributed by atoms with van der Waals surface area (Å²) >= 11 is 0. The van der Waals surface area contributed by atoms with Crippen molar-refractivity contribution in [3.05, 3.63) is 35.4 Å². The molecule has 1 unspecified atom stereocenters. The molecule has 0 spiro atoms. The molecule has 1 aromatic rings. The second-order valence-electron chi connectivity index (χ2n) is 5.03. The van der Waals surface area contributed by atoms with Crippen LogP contribution in [0.5, 0.6) is 0 Å². The first-order valence-electron chi connectivity index (χ1n) is 6.48. The van der Waals surface area contributed by atoms with Gasteiger partial charge in [-0.1, -0.05) is 24.3 Å². The Kier molecular flexibility index (Phi) is 3.93. The van der Waals surface area contributed by atoms with Crippen LogP contribution in [0.3, 0.4) is 0 Å². The molecule has 1 aliphatic rings. The number of aryl methyl sites for hydroxylation is 1. The van der Waals surface area contributed by atoms with E-state index in [4.69, 9.17) is 0 Å². The van der Waals surface area contributed by atoms with Crippen molar-refractivity contribution in [3.8, 4) is 0 Å². The maximum absolute atomic E-state index is 12.5. The van der Waals surface area contributed by atoms with Gasteiger partial charge in [0, 0.05) is 0 Å². The average molecular weight is 301 g/mol. The van der Waals surface area contributed by atoms with Crippen LogP contribution in [0.2, 0.25) is 0 Å². The van der Waals surface area contributed by atoms with E-state index in [1.807, 2.05) is 0 Å². The van der Waals surface area contributed by atoms with Crippen LogP contribution in [-0.4, -0.2) is 23.2 Å². The number of carbonyl (C=O) groups excluding carboxylic acids is 1. The standard InChI is InChI=1S/C14H14F3NO3/c15-14(16,17)11(19)18-13(12(20)21)8-4-3-6-9-5-1-2-7-10(9)13/h1-2,5,7H,3-4,6,8H2,(H,18,19)(H,20,21). The van der Waals surface area contributed by atoms with Gasteiger partial charge in [0.1, 0.15) is 0 Å². The van der Waals surface area contributed by atoms with Crippen molar-refractivity contribution in [1.82, 2.24) is 5.32 Å². The van der Waals surface area contributed by atoms with Crippen molar-refractivity contribution in [2.45, 2.75) is 37.4 Å². The molecule has 0 bridgehead atoms. The molecule has 1 aliphatic carbocycles. The van der Waals surface area contributed by atoms with Crippen LogP contribution in [0.25, 0.3) is 0 Å². The lowest BCUT2D eigenvalue weighted by Crippen LogP contribution is -2.55. The largest absolute Gasteiger partial charge is 0.479 e. The van der Waals surface area contributed by atoms with E-state index in [9.17, 15) is 27.9 Å². The first-order valence-corrected chi connectivity index (χ1v) is 6.48. The predicted octanol–water partition coefficient (Wildman–Crippen LogP) is 2.37. The summed E-state index contributed by atoms with van der Waals surface area (Å²) in [5.41, 5.74) is -1.15. The minimum Gasteiger partial charge on any atom is -0.479 e. The van der Waals surface area contributed by atoms with Gasteiger partial charge in [0.05, 0.1) is 0 Å². The molecular weight excluding hydrogens is 287 g/mol. The number of amides is 1. The molecule has 0 aliphatic heterocycles. The van der Waals surface area contributed by atoms with Crippen molar-refractivity contribution in [1.29, 1.82) is 0 Å². The molecule has 21 heavy (non-hydrogen) atoms. The number of nitrogens with one attached hydrogen (secondary N) is 1. The third kappa shape index (κ3) is 2.86. The second-order valence-corrected chi connectivity index (χ2v) is 5.03. The molecule has 2 N–H and O–H groups in total. The summed E-state index contributed by atoms with van der Waals surface area (Å²) in [4.78, 5) is 22.9. The maximum atomic E-state index is 12.5. The van der Waals surface area contributed by atoms with E-state index in [1.54, 1.807) is 23.5 Å². The minimum atomic E-state index is -5.12. The summed E-state index contributed by atoms with van der Waals surface area (Å²) in [5, 5.41) is 11.2. The quantitative estimate of drug-likeness (QED) is 0.824. The summed E-state index contributed by atoms with van der Waals surface area (Å²) in [6.07, 6.45) is -3.54. The lowest BCUT2D eigenvalue weighted by molar-refractivity contribution is -0.178. The van der Waals surface area contributed by atoms with E-state index in [-0.39, 0.29) is 12.0 Å². The molecule has 0 heterocycles. The number of carbonyl (C=O) groups is 2. The van der Waals surface area contributed by atoms with Crippen molar-refractivity contribution >= 4 is 11.9 Å². The molecule has 0 saturated heterocycles. The smallest absolute Gasteiger partial charge is 0.471 e. The molecule has 0 aromatic heterocycles. The van der Waals surface area contributed by atoms with Crippen LogP contribution in [0.1, 0.15) is 30.4 Å². The average Bonchev–Trinajstić information content (AvgIpc) is 2.59. The third-order valence-electron chi connectivity index (χ3n) is 3.67. The van der Waals surface area contributed by atoms with Crippen LogP contribution < -0.4 is 5.32 Å². The highest BCUT2D eigenvalue weighted by atomic mass is 19.4. The number of halogens is 3. The molecule has 2 rings (SSSR count). The van der Waals surface area contributed by atoms with Crippen LogP contribution in [0.15, 0.2) is 24.3 Å². The van der Waals surface area contributed by atoms with Crippen molar-refractivity contribution in [3.63, 3.8) is 0 Å². The fourth-order valence-corrected chi connectivity index (χ4v) is 2.67. The van der Waals surface area contributed by atoms with Gasteiger partial charge in [0.15, 0.2) is 5.54 Å². The Morgan fingerprint density at radius 3 is 2.48 bits per heavy atom. The summed E-state index contributed by atoms with van der Waals surface area (Å²) in [6.45, 7) is 0. The molecule has 0 saturated carbocycles. The number of aliphatic carboxylic acids is 1. The number of carboxylic acids is 1. The van der Waals surface area contributed by atoms with Gasteiger partial charge in [-0.05, 0) is 36.8 Å². The van der Waals surface area contributed by atoms with Gasteiger partial charge in [-0.25, -0.2) is 4.79 Å². The van der Waals surface area contributed by atoms with E-state index in [2.05, 4.69) is 0 Å². The summed E-state index contributed by atoms with van der Waals surface area (Å²) in [5.74, 6) is -3.71. The van der Waals surface area contributed by atoms with Gasteiger partial charge in [0.25, 0.3) is 0 Å². The summed E-state index contributed by atoms with van der Waals surface area (Å²) in [6, 6.07) is 6.40. The highest BCUT2D eigenvalue weighted by molar-refractivity contribution is 5.91. The zero-order valence-corrected chi connectivity index (χ0v) is 11.0. The Balaban J connectivity index is 2.52. The van der Waals surface area contributed by atoms with E-state index >= 15 is 0 Å². The monoisotopic (exact) mass is 301 g/mol. The Morgan fingerprint density at radius 1 is 1.19 bits per heavy atom. The Labute approximate surface area is 119 Å². The van der Waals surface area contributed by atoms with Gasteiger partial charge in [0.2, 0.25) is 0 Å². The normalized spacial score (nSPS) is 22.0. The zero-order valence-electron chi connectivity index (χ0n) is 11.0. The Hall–Kier alpha value is -2.05. The topological polar surface area (TPSA) is 66.4 Å². The maximum Gasteiger partial charge on any atom is 0.471 e. The van der Waals surface area contributed by atoms with Crippen molar-refractivity contribution in [2.75, 3.05) is 0 Å². The van der Waals surface area contributed by atoms with Crippen LogP contribution in [-0.2, 0) is 21.5 Å². The molecule has 1 amide bonds. The van der Waals surface area contributed by atoms with Crippen molar-refractivity contribution in [2.24, 2.45) is 0 Å². The van der Waals surface area contributed by atoms with E-state index < -0.39 is 23.6 Å². The Bertz CT molecular complexity index is 571. The number of hydrogen-bond acceptors (Lipinski definition) is 2. The third-order valence-corrected chi connectivity index (χ3v) is 3.67. The summed E-state index contributed by atoms with van der Waals surface area (Å²) in [7, 11) is 0. The first-order chi connectivity index (χ1) is 9.77. The van der Waals surface area contributed by atoms with Crippen LogP contribution in [0.4, 0.5) is 13.2 Å². The molecule has 0 radical (unpaired) electrons. The van der Waals surface area contributed by atoms with Gasteiger partial charge >= 0.3 is 18.1 Å². The van der Waals surface area contributed by atoms with E-state index in [1.165, 1.54) is 6.07 Å². The highest BCUT2D eigenvalue weighted by Gasteiger charge is 2.49. The predicted molar refractivity (Wildman–Crippen MR) is 67.5 cm³/mol. The fraction of sp³-hybridized carbons (Fsp3) is 0.429. The number of carboxylic acid groups (broad SMARTS) is 1. The van der Waals surface area contributed by atoms with Gasteiger partial charge in [-0.3, -0.25) is 4.79 Å². The molecule has 7 heteroatoms. The van der Waals surface area contributed by atoms with Gasteiger partial charge in [-0.15, -0.1) is 0 Å². The second kappa shape index (κ2) is 5.38. The van der Waals surface area contributed by atoms with Crippen LogP contribution in [0, 0.1) is 0 Å². The summed E-state index contributed by atoms with van der Waals surface area (Å²) < 4.78 is 37.5. The van der Waals surface area contributed by atoms with E-state index in [0.29, 0.717) is 24.8 Å². The number of alkyl halides is 3. The lowest BCUT2D eigenvalue weighted by Gasteiger charge is -2.31. The number of rotatable bonds is 2. The SMILES string of the molecule is O=C(NC1(C(=O)O)CCCCc2ccccc21)C(F)(F)F. The number of hydrogen-bond donors (Lipinski definition) is 2. The molecule has 0 fully saturated rings. The highest BCUT2D eigenvalue weighted by Crippen LogP contribution is 2.35. The molecule has 1 atom stereocenters. The molecule has 4 nitrogen and oxygen atoms in total. The lowest BCUT2D eigenvalue weighted by atomic mass is 9.84. The zero-order chi connectivity index (χ0) is 15.7. The number of fused-ring (bicyclic) bond motifs is 1. The minimum absolute atomic E-state index is 0.0683. The Morgan fingerprint density at radius 2 is 1.86 bits per heavy atom. The van der Waals surface area contributed by atoms with Crippen LogP contribution >= 0.6 is 0 Å². The molecular formula is C14H14F3NO3. The molecule has 114 valence electrons. The van der Waals surface area contributed by atoms with Gasteiger partial charge < -0.3 is 10.4 Å². The number of benzene rings is 1.